The Hall–Kier alpha value is -1.09. The first-order valence-electron chi connectivity index (χ1n) is 5.94. The van der Waals surface area contributed by atoms with E-state index >= 15 is 0 Å². The van der Waals surface area contributed by atoms with Crippen LogP contribution >= 0.6 is 15.9 Å². The lowest BCUT2D eigenvalue weighted by Gasteiger charge is -2.30. The first-order valence-corrected chi connectivity index (χ1v) is 6.73. The fraction of sp³-hybridized carbons (Fsp3) is 0.357. The number of hydrogen-bond donors (Lipinski definition) is 0. The number of halogens is 1. The monoisotopic (exact) mass is 290 g/mol. The van der Waals surface area contributed by atoms with Crippen LogP contribution in [0.4, 0.5) is 0 Å². The topological polar surface area (TPSA) is 17.8 Å². The first-order chi connectivity index (χ1) is 8.16. The molecule has 1 aliphatic rings. The molecular weight excluding hydrogens is 276 g/mol. The molecule has 1 aliphatic carbocycles. The Balaban J connectivity index is 1.84. The van der Waals surface area contributed by atoms with Crippen LogP contribution in [0.3, 0.4) is 0 Å². The van der Waals surface area contributed by atoms with Crippen LogP contribution in [0.2, 0.25) is 0 Å². The van der Waals surface area contributed by atoms with Crippen molar-refractivity contribution in [3.05, 3.63) is 51.3 Å². The summed E-state index contributed by atoms with van der Waals surface area (Å²) in [6.45, 7) is 5.16. The van der Waals surface area contributed by atoms with Gasteiger partial charge in [0.15, 0.2) is 0 Å². The van der Waals surface area contributed by atoms with E-state index in [9.17, 15) is 0 Å². The van der Waals surface area contributed by atoms with Gasteiger partial charge in [-0.3, -0.25) is 4.68 Å². The second-order valence-corrected chi connectivity index (χ2v) is 5.56. The van der Waals surface area contributed by atoms with E-state index in [1.54, 1.807) is 0 Å². The largest absolute Gasteiger partial charge is 0.268 e. The molecule has 0 amide bonds. The van der Waals surface area contributed by atoms with E-state index in [4.69, 9.17) is 0 Å². The van der Waals surface area contributed by atoms with Crippen LogP contribution in [-0.4, -0.2) is 9.78 Å². The minimum Gasteiger partial charge on any atom is -0.268 e. The van der Waals surface area contributed by atoms with Crippen molar-refractivity contribution in [2.45, 2.75) is 32.7 Å². The van der Waals surface area contributed by atoms with Crippen LogP contribution in [0.15, 0.2) is 28.7 Å². The fourth-order valence-electron chi connectivity index (χ4n) is 2.59. The molecule has 88 valence electrons. The number of aromatic nitrogens is 2. The Morgan fingerprint density at radius 2 is 2.12 bits per heavy atom. The lowest BCUT2D eigenvalue weighted by Crippen LogP contribution is -2.22. The van der Waals surface area contributed by atoms with E-state index in [2.05, 4.69) is 56.9 Å². The highest BCUT2D eigenvalue weighted by atomic mass is 79.9. The number of nitrogens with zero attached hydrogens (tertiary/aromatic N) is 2. The Kier molecular flexibility index (Phi) is 2.58. The molecule has 0 fully saturated rings. The highest BCUT2D eigenvalue weighted by molar-refractivity contribution is 9.10. The molecule has 0 saturated carbocycles. The summed E-state index contributed by atoms with van der Waals surface area (Å²) in [4.78, 5) is 0. The Bertz CT molecular complexity index is 572. The van der Waals surface area contributed by atoms with Gasteiger partial charge in [0.2, 0.25) is 0 Å². The summed E-state index contributed by atoms with van der Waals surface area (Å²) < 4.78 is 3.27. The van der Waals surface area contributed by atoms with Crippen molar-refractivity contribution < 1.29 is 0 Å². The van der Waals surface area contributed by atoms with Gasteiger partial charge >= 0.3 is 0 Å². The van der Waals surface area contributed by atoms with E-state index in [0.29, 0.717) is 5.92 Å². The van der Waals surface area contributed by atoms with E-state index < -0.39 is 0 Å². The average Bonchev–Trinajstić information content (AvgIpc) is 2.54. The second-order valence-electron chi connectivity index (χ2n) is 4.77. The highest BCUT2D eigenvalue weighted by Crippen LogP contribution is 2.36. The summed E-state index contributed by atoms with van der Waals surface area (Å²) in [5, 5.41) is 4.57. The maximum atomic E-state index is 4.57. The maximum Gasteiger partial charge on any atom is 0.0738 e. The van der Waals surface area contributed by atoms with Crippen molar-refractivity contribution >= 4 is 15.9 Å². The molecule has 17 heavy (non-hydrogen) atoms. The molecule has 1 heterocycles. The minimum absolute atomic E-state index is 0.635. The van der Waals surface area contributed by atoms with E-state index in [-0.39, 0.29) is 0 Å². The lowest BCUT2D eigenvalue weighted by molar-refractivity contribution is 0.466. The molecule has 0 N–H and O–H groups in total. The van der Waals surface area contributed by atoms with Crippen LogP contribution < -0.4 is 0 Å². The smallest absolute Gasteiger partial charge is 0.0738 e. The normalized spacial score (nSPS) is 17.7. The number of fused-ring (bicyclic) bond motifs is 1. The second kappa shape index (κ2) is 3.98. The number of aryl methyl sites for hydroxylation is 1. The zero-order valence-corrected chi connectivity index (χ0v) is 11.7. The van der Waals surface area contributed by atoms with Gasteiger partial charge in [-0.1, -0.05) is 24.3 Å². The molecule has 3 rings (SSSR count). The van der Waals surface area contributed by atoms with Gasteiger partial charge in [0, 0.05) is 18.2 Å². The van der Waals surface area contributed by atoms with Gasteiger partial charge < -0.3 is 0 Å². The zero-order valence-electron chi connectivity index (χ0n) is 10.1. The summed E-state index contributed by atoms with van der Waals surface area (Å²) in [5.41, 5.74) is 5.30. The van der Waals surface area contributed by atoms with Crippen LogP contribution in [0, 0.1) is 13.8 Å². The van der Waals surface area contributed by atoms with Crippen LogP contribution in [0.5, 0.6) is 0 Å². The molecule has 2 aromatic rings. The number of hydrogen-bond acceptors (Lipinski definition) is 1. The summed E-state index contributed by atoms with van der Waals surface area (Å²) in [5.74, 6) is 0.635. The Labute approximate surface area is 110 Å². The van der Waals surface area contributed by atoms with Crippen molar-refractivity contribution in [2.24, 2.45) is 0 Å². The van der Waals surface area contributed by atoms with E-state index in [0.717, 1.165) is 16.7 Å². The van der Waals surface area contributed by atoms with Crippen molar-refractivity contribution in [2.75, 3.05) is 0 Å². The summed E-state index contributed by atoms with van der Waals surface area (Å²) in [7, 11) is 0. The van der Waals surface area contributed by atoms with Crippen molar-refractivity contribution in [3.8, 4) is 0 Å². The molecule has 0 saturated heterocycles. The molecule has 2 nitrogen and oxygen atoms in total. The van der Waals surface area contributed by atoms with Gasteiger partial charge in [-0.25, -0.2) is 0 Å². The number of benzene rings is 1. The number of rotatable bonds is 2. The van der Waals surface area contributed by atoms with E-state index in [1.165, 1.54) is 23.2 Å². The molecule has 1 aromatic heterocycles. The summed E-state index contributed by atoms with van der Waals surface area (Å²) in [6.07, 6.45) is 1.19. The zero-order chi connectivity index (χ0) is 12.0. The minimum atomic E-state index is 0.635. The SMILES string of the molecule is Cc1nn(CC2Cc3ccccc32)c(C)c1Br. The predicted molar refractivity (Wildman–Crippen MR) is 72.3 cm³/mol. The third-order valence-electron chi connectivity index (χ3n) is 3.65. The van der Waals surface area contributed by atoms with Gasteiger partial charge in [-0.05, 0) is 47.3 Å². The quantitative estimate of drug-likeness (QED) is 0.826. The molecular formula is C14H15BrN2. The predicted octanol–water partition coefficient (Wildman–Crippen LogP) is 3.60. The molecule has 1 unspecified atom stereocenters. The fourth-order valence-corrected chi connectivity index (χ4v) is 2.87. The lowest BCUT2D eigenvalue weighted by atomic mass is 9.77. The molecule has 1 atom stereocenters. The van der Waals surface area contributed by atoms with Crippen LogP contribution in [0.25, 0.3) is 0 Å². The van der Waals surface area contributed by atoms with Crippen LogP contribution in [0.1, 0.15) is 28.4 Å². The van der Waals surface area contributed by atoms with Crippen LogP contribution in [-0.2, 0) is 13.0 Å². The third kappa shape index (κ3) is 1.73. The highest BCUT2D eigenvalue weighted by Gasteiger charge is 2.26. The van der Waals surface area contributed by atoms with Crippen molar-refractivity contribution in [1.29, 1.82) is 0 Å². The van der Waals surface area contributed by atoms with Gasteiger partial charge in [0.1, 0.15) is 0 Å². The molecule has 3 heteroatoms. The van der Waals surface area contributed by atoms with Crippen molar-refractivity contribution in [1.82, 2.24) is 9.78 Å². The first kappa shape index (κ1) is 11.0. The molecule has 0 radical (unpaired) electrons. The van der Waals surface area contributed by atoms with Gasteiger partial charge in [0.25, 0.3) is 0 Å². The molecule has 0 spiro atoms. The Morgan fingerprint density at radius 3 is 2.76 bits per heavy atom. The van der Waals surface area contributed by atoms with Gasteiger partial charge in [-0.2, -0.15) is 5.10 Å². The van der Waals surface area contributed by atoms with Gasteiger partial charge in [0.05, 0.1) is 10.2 Å². The average molecular weight is 291 g/mol. The van der Waals surface area contributed by atoms with Gasteiger partial charge in [-0.15, -0.1) is 0 Å². The molecule has 1 aromatic carbocycles. The molecule has 0 aliphatic heterocycles. The van der Waals surface area contributed by atoms with E-state index in [1.807, 2.05) is 6.92 Å². The van der Waals surface area contributed by atoms with Crippen molar-refractivity contribution in [3.63, 3.8) is 0 Å². The standard InChI is InChI=1S/C14H15BrN2/c1-9-14(15)10(2)17(16-9)8-12-7-11-5-3-4-6-13(11)12/h3-6,12H,7-8H2,1-2H3. The summed E-state index contributed by atoms with van der Waals surface area (Å²) in [6, 6.07) is 8.71. The Morgan fingerprint density at radius 1 is 1.35 bits per heavy atom. The maximum absolute atomic E-state index is 4.57. The molecule has 0 bridgehead atoms. The summed E-state index contributed by atoms with van der Waals surface area (Å²) >= 11 is 3.58. The third-order valence-corrected chi connectivity index (χ3v) is 4.80.